The molecule has 3 aromatic rings. The summed E-state index contributed by atoms with van der Waals surface area (Å²) in [6.45, 7) is 1.40. The predicted molar refractivity (Wildman–Crippen MR) is 116 cm³/mol. The van der Waals surface area contributed by atoms with Crippen molar-refractivity contribution in [2.24, 2.45) is 0 Å². The highest BCUT2D eigenvalue weighted by Crippen LogP contribution is 2.25. The van der Waals surface area contributed by atoms with Crippen LogP contribution in [0.3, 0.4) is 0 Å². The molecule has 5 nitrogen and oxygen atoms in total. The predicted octanol–water partition coefficient (Wildman–Crippen LogP) is 4.52. The summed E-state index contributed by atoms with van der Waals surface area (Å²) in [6.07, 6.45) is 1.73. The van der Waals surface area contributed by atoms with Crippen molar-refractivity contribution in [2.75, 3.05) is 18.0 Å². The second kappa shape index (κ2) is 8.67. The summed E-state index contributed by atoms with van der Waals surface area (Å²) in [7, 11) is -3.53. The van der Waals surface area contributed by atoms with Crippen LogP contribution in [0.1, 0.15) is 28.1 Å². The van der Waals surface area contributed by atoms with Crippen molar-refractivity contribution in [1.29, 1.82) is 0 Å². The van der Waals surface area contributed by atoms with Gasteiger partial charge in [-0.25, -0.2) is 12.8 Å². The minimum Gasteiger partial charge on any atom is -0.303 e. The standard InChI is InChI=1S/C22H21FN2O3S2/c23-18-7-9-19(10-8-18)25(16-20-4-3-15-29-20)22(26)17-5-11-21(12-6-17)30(27,28)24-13-1-2-14-24/h3-12,15H,1-2,13-14,16H2. The molecule has 0 bridgehead atoms. The Labute approximate surface area is 179 Å². The Morgan fingerprint density at radius 3 is 2.27 bits per heavy atom. The number of benzene rings is 2. The van der Waals surface area contributed by atoms with Crippen molar-refractivity contribution < 1.29 is 17.6 Å². The number of hydrogen-bond donors (Lipinski definition) is 0. The molecule has 4 rings (SSSR count). The fourth-order valence-corrected chi connectivity index (χ4v) is 5.67. The number of rotatable bonds is 6. The second-order valence-corrected chi connectivity index (χ2v) is 10.1. The van der Waals surface area contributed by atoms with E-state index in [9.17, 15) is 17.6 Å². The van der Waals surface area contributed by atoms with E-state index in [1.165, 1.54) is 52.0 Å². The lowest BCUT2D eigenvalue weighted by atomic mass is 10.1. The number of halogens is 1. The Morgan fingerprint density at radius 2 is 1.67 bits per heavy atom. The van der Waals surface area contributed by atoms with Gasteiger partial charge < -0.3 is 4.90 Å². The van der Waals surface area contributed by atoms with E-state index in [1.54, 1.807) is 17.0 Å². The lowest BCUT2D eigenvalue weighted by Gasteiger charge is -2.23. The molecule has 1 aliphatic heterocycles. The molecule has 1 amide bonds. The maximum Gasteiger partial charge on any atom is 0.258 e. The summed E-state index contributed by atoms with van der Waals surface area (Å²) in [5.74, 6) is -0.654. The zero-order valence-corrected chi connectivity index (χ0v) is 17.8. The van der Waals surface area contributed by atoms with E-state index in [4.69, 9.17) is 0 Å². The van der Waals surface area contributed by atoms with Crippen molar-refractivity contribution in [3.8, 4) is 0 Å². The number of nitrogens with zero attached hydrogens (tertiary/aromatic N) is 2. The van der Waals surface area contributed by atoms with Gasteiger partial charge in [-0.15, -0.1) is 11.3 Å². The lowest BCUT2D eigenvalue weighted by Crippen LogP contribution is -2.30. The highest BCUT2D eigenvalue weighted by Gasteiger charge is 2.27. The molecular formula is C22H21FN2O3S2. The normalized spacial score (nSPS) is 14.7. The lowest BCUT2D eigenvalue weighted by molar-refractivity contribution is 0.0985. The van der Waals surface area contributed by atoms with Crippen LogP contribution in [0.2, 0.25) is 0 Å². The fourth-order valence-electron chi connectivity index (χ4n) is 3.46. The van der Waals surface area contributed by atoms with Crippen LogP contribution in [0.4, 0.5) is 10.1 Å². The summed E-state index contributed by atoms with van der Waals surface area (Å²) < 4.78 is 40.3. The molecular weight excluding hydrogens is 423 g/mol. The van der Waals surface area contributed by atoms with Gasteiger partial charge in [-0.05, 0) is 72.8 Å². The van der Waals surface area contributed by atoms with Gasteiger partial charge in [0.15, 0.2) is 0 Å². The van der Waals surface area contributed by atoms with Crippen LogP contribution in [0, 0.1) is 5.82 Å². The van der Waals surface area contributed by atoms with Crippen LogP contribution in [-0.2, 0) is 16.6 Å². The van der Waals surface area contributed by atoms with E-state index in [2.05, 4.69) is 0 Å². The third-order valence-electron chi connectivity index (χ3n) is 5.08. The minimum atomic E-state index is -3.53. The number of carbonyl (C=O) groups excluding carboxylic acids is 1. The quantitative estimate of drug-likeness (QED) is 0.562. The largest absolute Gasteiger partial charge is 0.303 e. The van der Waals surface area contributed by atoms with E-state index in [0.29, 0.717) is 30.9 Å². The third kappa shape index (κ3) is 4.30. The van der Waals surface area contributed by atoms with Crippen LogP contribution in [0.25, 0.3) is 0 Å². The molecule has 0 unspecified atom stereocenters. The van der Waals surface area contributed by atoms with Gasteiger partial charge in [0.25, 0.3) is 5.91 Å². The van der Waals surface area contributed by atoms with Gasteiger partial charge in [-0.3, -0.25) is 4.79 Å². The van der Waals surface area contributed by atoms with Crippen molar-refractivity contribution in [2.45, 2.75) is 24.3 Å². The number of carbonyl (C=O) groups is 1. The van der Waals surface area contributed by atoms with Gasteiger partial charge in [0, 0.05) is 29.2 Å². The third-order valence-corrected chi connectivity index (χ3v) is 7.86. The van der Waals surface area contributed by atoms with E-state index in [-0.39, 0.29) is 16.6 Å². The van der Waals surface area contributed by atoms with Gasteiger partial charge in [0.1, 0.15) is 5.82 Å². The monoisotopic (exact) mass is 444 g/mol. The molecule has 2 heterocycles. The van der Waals surface area contributed by atoms with Crippen molar-refractivity contribution >= 4 is 33.0 Å². The zero-order chi connectivity index (χ0) is 21.1. The van der Waals surface area contributed by atoms with Crippen molar-refractivity contribution in [1.82, 2.24) is 4.31 Å². The average Bonchev–Trinajstić information content (AvgIpc) is 3.47. The smallest absolute Gasteiger partial charge is 0.258 e. The summed E-state index contributed by atoms with van der Waals surface area (Å²) in [5.41, 5.74) is 0.944. The molecule has 30 heavy (non-hydrogen) atoms. The molecule has 8 heteroatoms. The topological polar surface area (TPSA) is 57.7 Å². The molecule has 0 N–H and O–H groups in total. The second-order valence-electron chi connectivity index (χ2n) is 7.08. The first-order chi connectivity index (χ1) is 14.4. The highest BCUT2D eigenvalue weighted by molar-refractivity contribution is 7.89. The summed E-state index contributed by atoms with van der Waals surface area (Å²) in [5, 5.41) is 1.93. The number of thiophene rings is 1. The molecule has 0 spiro atoms. The number of amides is 1. The van der Waals surface area contributed by atoms with Gasteiger partial charge in [-0.1, -0.05) is 6.07 Å². The minimum absolute atomic E-state index is 0.188. The number of anilines is 1. The van der Waals surface area contributed by atoms with Crippen molar-refractivity contribution in [3.05, 3.63) is 82.3 Å². The summed E-state index contributed by atoms with van der Waals surface area (Å²) >= 11 is 1.53. The van der Waals surface area contributed by atoms with E-state index in [1.807, 2.05) is 17.5 Å². The van der Waals surface area contributed by atoms with Crippen LogP contribution < -0.4 is 4.90 Å². The zero-order valence-electron chi connectivity index (χ0n) is 16.2. The first-order valence-corrected chi connectivity index (χ1v) is 12.0. The molecule has 1 fully saturated rings. The molecule has 1 aromatic heterocycles. The molecule has 0 atom stereocenters. The van der Waals surface area contributed by atoms with Gasteiger partial charge in [0.05, 0.1) is 11.4 Å². The SMILES string of the molecule is O=C(c1ccc(S(=O)(=O)N2CCCC2)cc1)N(Cc1cccs1)c1ccc(F)cc1. The molecule has 0 aliphatic carbocycles. The maximum atomic E-state index is 13.4. The van der Waals surface area contributed by atoms with E-state index in [0.717, 1.165) is 17.7 Å². The molecule has 0 radical (unpaired) electrons. The molecule has 2 aromatic carbocycles. The fraction of sp³-hybridized carbons (Fsp3) is 0.227. The van der Waals surface area contributed by atoms with Gasteiger partial charge >= 0.3 is 0 Å². The maximum absolute atomic E-state index is 13.4. The van der Waals surface area contributed by atoms with Crippen LogP contribution in [-0.4, -0.2) is 31.7 Å². The summed E-state index contributed by atoms with van der Waals surface area (Å²) in [6, 6.07) is 15.6. The molecule has 0 saturated carbocycles. The Balaban J connectivity index is 1.61. The summed E-state index contributed by atoms with van der Waals surface area (Å²) in [4.78, 5) is 16.0. The Hall–Kier alpha value is -2.55. The van der Waals surface area contributed by atoms with E-state index >= 15 is 0 Å². The molecule has 156 valence electrons. The van der Waals surface area contributed by atoms with Gasteiger partial charge in [0.2, 0.25) is 10.0 Å². The van der Waals surface area contributed by atoms with E-state index < -0.39 is 10.0 Å². The Bertz CT molecular complexity index is 1110. The number of hydrogen-bond acceptors (Lipinski definition) is 4. The molecule has 1 aliphatic rings. The Morgan fingerprint density at radius 1 is 1.00 bits per heavy atom. The van der Waals surface area contributed by atoms with Crippen LogP contribution >= 0.6 is 11.3 Å². The first kappa shape index (κ1) is 20.7. The average molecular weight is 445 g/mol. The number of sulfonamides is 1. The first-order valence-electron chi connectivity index (χ1n) is 9.65. The van der Waals surface area contributed by atoms with Crippen LogP contribution in [0.5, 0.6) is 0 Å². The Kier molecular flexibility index (Phi) is 5.99. The molecule has 1 saturated heterocycles. The van der Waals surface area contributed by atoms with Gasteiger partial charge in [-0.2, -0.15) is 4.31 Å². The highest BCUT2D eigenvalue weighted by atomic mass is 32.2. The van der Waals surface area contributed by atoms with Crippen molar-refractivity contribution in [3.63, 3.8) is 0 Å². The van der Waals surface area contributed by atoms with Crippen LogP contribution in [0.15, 0.2) is 70.9 Å².